The highest BCUT2D eigenvalue weighted by Gasteiger charge is 2.19. The third-order valence-corrected chi connectivity index (χ3v) is 6.59. The molecule has 1 aliphatic rings. The molecule has 1 aliphatic heterocycles. The van der Waals surface area contributed by atoms with Crippen LogP contribution in [0.3, 0.4) is 0 Å². The third-order valence-electron chi connectivity index (χ3n) is 6.26. The minimum atomic E-state index is 0.478. The van der Waals surface area contributed by atoms with Crippen LogP contribution in [0.25, 0.3) is 34.3 Å². The summed E-state index contributed by atoms with van der Waals surface area (Å²) in [7, 11) is 2.18. The molecule has 1 fully saturated rings. The van der Waals surface area contributed by atoms with Crippen molar-refractivity contribution in [2.75, 3.05) is 20.1 Å². The highest BCUT2D eigenvalue weighted by Crippen LogP contribution is 2.29. The van der Waals surface area contributed by atoms with Gasteiger partial charge in [0, 0.05) is 45.7 Å². The van der Waals surface area contributed by atoms with Crippen LogP contribution in [0.4, 0.5) is 0 Å². The van der Waals surface area contributed by atoms with Crippen LogP contribution in [-0.4, -0.2) is 44.8 Å². The van der Waals surface area contributed by atoms with E-state index in [1.54, 1.807) is 0 Å². The van der Waals surface area contributed by atoms with E-state index in [0.29, 0.717) is 6.04 Å². The molecule has 31 heavy (non-hydrogen) atoms. The first kappa shape index (κ1) is 20.0. The number of pyridine rings is 1. The molecule has 1 N–H and O–H groups in total. The van der Waals surface area contributed by atoms with Gasteiger partial charge in [0.2, 0.25) is 0 Å². The molecule has 1 saturated heterocycles. The number of halogens is 1. The zero-order valence-corrected chi connectivity index (χ0v) is 18.6. The van der Waals surface area contributed by atoms with Gasteiger partial charge < -0.3 is 9.88 Å². The lowest BCUT2D eigenvalue weighted by Crippen LogP contribution is -2.31. The molecule has 5 rings (SSSR count). The molecule has 158 valence electrons. The van der Waals surface area contributed by atoms with E-state index < -0.39 is 0 Å². The number of likely N-dealkylation sites (tertiary alicyclic amines) is 1. The number of nitrogens with one attached hydrogen (secondary N) is 1. The van der Waals surface area contributed by atoms with Crippen molar-refractivity contribution in [3.8, 4) is 11.1 Å². The summed E-state index contributed by atoms with van der Waals surface area (Å²) in [5, 5.41) is 6.51. The summed E-state index contributed by atoms with van der Waals surface area (Å²) in [6.07, 6.45) is 14.5. The van der Waals surface area contributed by atoms with Gasteiger partial charge in [-0.15, -0.1) is 0 Å². The molecular weight excluding hydrogens is 406 g/mol. The van der Waals surface area contributed by atoms with Gasteiger partial charge in [-0.3, -0.25) is 4.68 Å². The Labute approximate surface area is 187 Å². The average Bonchev–Trinajstić information content (AvgIpc) is 3.41. The molecule has 0 bridgehead atoms. The van der Waals surface area contributed by atoms with Crippen molar-refractivity contribution >= 4 is 34.8 Å². The van der Waals surface area contributed by atoms with Crippen LogP contribution in [0.15, 0.2) is 49.1 Å². The van der Waals surface area contributed by atoms with E-state index in [1.165, 1.54) is 0 Å². The van der Waals surface area contributed by atoms with Crippen LogP contribution < -0.4 is 0 Å². The fraction of sp³-hybridized carbons (Fsp3) is 0.280. The zero-order valence-electron chi connectivity index (χ0n) is 17.8. The average molecular weight is 432 g/mol. The molecule has 4 aromatic rings. The lowest BCUT2D eigenvalue weighted by molar-refractivity contribution is 0.212. The van der Waals surface area contributed by atoms with E-state index in [-0.39, 0.29) is 0 Å². The van der Waals surface area contributed by atoms with Crippen molar-refractivity contribution in [2.24, 2.45) is 0 Å². The monoisotopic (exact) mass is 431 g/mol. The third kappa shape index (κ3) is 4.03. The Morgan fingerprint density at radius 3 is 2.77 bits per heavy atom. The van der Waals surface area contributed by atoms with E-state index in [2.05, 4.69) is 69.1 Å². The SMILES string of the molecule is Cc1cccc(Cl)c1/C=C\c1c[nH]c2ncc(-c3cnn(C4CCN(C)CC4)c3)cc12. The van der Waals surface area contributed by atoms with Crippen molar-refractivity contribution in [3.63, 3.8) is 0 Å². The molecule has 4 heterocycles. The Kier molecular flexibility index (Phi) is 5.38. The van der Waals surface area contributed by atoms with E-state index in [0.717, 1.165) is 69.8 Å². The first-order valence-electron chi connectivity index (χ1n) is 10.7. The second kappa shape index (κ2) is 8.33. The smallest absolute Gasteiger partial charge is 0.137 e. The second-order valence-corrected chi connectivity index (χ2v) is 8.82. The predicted molar refractivity (Wildman–Crippen MR) is 128 cm³/mol. The topological polar surface area (TPSA) is 49.7 Å². The van der Waals surface area contributed by atoms with Crippen molar-refractivity contribution in [2.45, 2.75) is 25.8 Å². The number of rotatable bonds is 4. The van der Waals surface area contributed by atoms with Crippen molar-refractivity contribution < 1.29 is 0 Å². The van der Waals surface area contributed by atoms with Gasteiger partial charge in [-0.1, -0.05) is 35.9 Å². The molecule has 1 aromatic carbocycles. The predicted octanol–water partition coefficient (Wildman–Crippen LogP) is 5.83. The highest BCUT2D eigenvalue weighted by molar-refractivity contribution is 6.32. The summed E-state index contributed by atoms with van der Waals surface area (Å²) in [6.45, 7) is 4.32. The van der Waals surface area contributed by atoms with Gasteiger partial charge in [0.25, 0.3) is 0 Å². The van der Waals surface area contributed by atoms with Crippen LogP contribution in [0.2, 0.25) is 5.02 Å². The molecule has 6 heteroatoms. The minimum absolute atomic E-state index is 0.478. The maximum absolute atomic E-state index is 6.38. The Morgan fingerprint density at radius 2 is 1.97 bits per heavy atom. The van der Waals surface area contributed by atoms with Gasteiger partial charge >= 0.3 is 0 Å². The molecule has 0 atom stereocenters. The first-order valence-corrected chi connectivity index (χ1v) is 11.1. The summed E-state index contributed by atoms with van der Waals surface area (Å²) in [6, 6.07) is 8.63. The number of benzene rings is 1. The number of fused-ring (bicyclic) bond motifs is 1. The summed E-state index contributed by atoms with van der Waals surface area (Å²) < 4.78 is 2.13. The maximum Gasteiger partial charge on any atom is 0.137 e. The second-order valence-electron chi connectivity index (χ2n) is 8.41. The Hall–Kier alpha value is -2.89. The first-order chi connectivity index (χ1) is 15.1. The lowest BCUT2D eigenvalue weighted by Gasteiger charge is -2.28. The number of nitrogens with zero attached hydrogens (tertiary/aromatic N) is 4. The quantitative estimate of drug-likeness (QED) is 0.442. The van der Waals surface area contributed by atoms with Crippen LogP contribution in [0.1, 0.15) is 35.6 Å². The molecule has 0 radical (unpaired) electrons. The van der Waals surface area contributed by atoms with Crippen molar-refractivity contribution in [3.05, 3.63) is 70.8 Å². The number of H-pyrrole nitrogens is 1. The van der Waals surface area contributed by atoms with E-state index in [1.807, 2.05) is 30.7 Å². The highest BCUT2D eigenvalue weighted by atomic mass is 35.5. The van der Waals surface area contributed by atoms with Crippen LogP contribution in [0, 0.1) is 6.92 Å². The Balaban J connectivity index is 1.44. The van der Waals surface area contributed by atoms with Crippen LogP contribution in [-0.2, 0) is 0 Å². The summed E-state index contributed by atoms with van der Waals surface area (Å²) in [5.41, 5.74) is 6.35. The van der Waals surface area contributed by atoms with Crippen molar-refractivity contribution in [1.29, 1.82) is 0 Å². The van der Waals surface area contributed by atoms with Gasteiger partial charge in [-0.05, 0) is 63.2 Å². The standard InChI is InChI=1S/C25H26ClN5/c1-17-4-3-5-24(26)22(17)7-6-18-13-27-25-23(18)12-19(14-28-25)20-15-29-31(16-20)21-8-10-30(2)11-9-21/h3-7,12-16,21H,8-11H2,1-2H3,(H,27,28)/b7-6-. The summed E-state index contributed by atoms with van der Waals surface area (Å²) in [5.74, 6) is 0. The molecule has 0 amide bonds. The zero-order chi connectivity index (χ0) is 21.4. The number of aryl methyl sites for hydroxylation is 1. The Morgan fingerprint density at radius 1 is 1.13 bits per heavy atom. The molecule has 0 spiro atoms. The van der Waals surface area contributed by atoms with Gasteiger partial charge in [0.1, 0.15) is 5.65 Å². The molecule has 0 saturated carbocycles. The molecule has 5 nitrogen and oxygen atoms in total. The number of aromatic amines is 1. The van der Waals surface area contributed by atoms with E-state index >= 15 is 0 Å². The molecule has 3 aromatic heterocycles. The molecule has 0 unspecified atom stereocenters. The van der Waals surface area contributed by atoms with E-state index in [4.69, 9.17) is 11.6 Å². The number of piperidine rings is 1. The summed E-state index contributed by atoms with van der Waals surface area (Å²) >= 11 is 6.38. The van der Waals surface area contributed by atoms with E-state index in [9.17, 15) is 0 Å². The fourth-order valence-corrected chi connectivity index (χ4v) is 4.58. The fourth-order valence-electron chi connectivity index (χ4n) is 4.29. The van der Waals surface area contributed by atoms with Crippen LogP contribution >= 0.6 is 11.6 Å². The van der Waals surface area contributed by atoms with Gasteiger partial charge in [0.05, 0.1) is 12.2 Å². The largest absolute Gasteiger partial charge is 0.346 e. The maximum atomic E-state index is 6.38. The lowest BCUT2D eigenvalue weighted by atomic mass is 10.1. The normalized spacial score (nSPS) is 16.0. The number of hydrogen-bond donors (Lipinski definition) is 1. The minimum Gasteiger partial charge on any atom is -0.346 e. The summed E-state index contributed by atoms with van der Waals surface area (Å²) in [4.78, 5) is 10.3. The van der Waals surface area contributed by atoms with Gasteiger partial charge in [-0.25, -0.2) is 4.98 Å². The molecule has 0 aliphatic carbocycles. The Bertz CT molecular complexity index is 1220. The van der Waals surface area contributed by atoms with Crippen molar-refractivity contribution in [1.82, 2.24) is 24.6 Å². The number of hydrogen-bond acceptors (Lipinski definition) is 3. The molecular formula is C25H26ClN5. The van der Waals surface area contributed by atoms with Gasteiger partial charge in [-0.2, -0.15) is 5.10 Å². The van der Waals surface area contributed by atoms with Crippen LogP contribution in [0.5, 0.6) is 0 Å². The van der Waals surface area contributed by atoms with Gasteiger partial charge in [0.15, 0.2) is 0 Å². The number of aromatic nitrogens is 4.